The Kier molecular flexibility index (Phi) is 6.85. The van der Waals surface area contributed by atoms with Crippen molar-refractivity contribution in [3.8, 4) is 0 Å². The zero-order valence-electron chi connectivity index (χ0n) is 16.9. The van der Waals surface area contributed by atoms with E-state index in [4.69, 9.17) is 0 Å². The summed E-state index contributed by atoms with van der Waals surface area (Å²) in [6.07, 6.45) is 5.05. The Hall–Kier alpha value is -2.90. The lowest BCUT2D eigenvalue weighted by Gasteiger charge is -2.20. The number of nitrogens with zero attached hydrogens (tertiary/aromatic N) is 3. The van der Waals surface area contributed by atoms with Crippen LogP contribution in [0.2, 0.25) is 0 Å². The van der Waals surface area contributed by atoms with Crippen LogP contribution >= 0.6 is 0 Å². The van der Waals surface area contributed by atoms with E-state index in [0.29, 0.717) is 17.7 Å². The van der Waals surface area contributed by atoms with Gasteiger partial charge in [-0.3, -0.25) is 19.3 Å². The molecule has 29 heavy (non-hydrogen) atoms. The fourth-order valence-electron chi connectivity index (χ4n) is 3.66. The predicted octanol–water partition coefficient (Wildman–Crippen LogP) is 2.32. The van der Waals surface area contributed by atoms with Crippen LogP contribution in [0.4, 0.5) is 10.5 Å². The fourth-order valence-corrected chi connectivity index (χ4v) is 3.66. The minimum atomic E-state index is -0.319. The topological polar surface area (TPSA) is 90.0 Å². The minimum absolute atomic E-state index is 0.0368. The normalized spacial score (nSPS) is 17.5. The number of carbonyl (C=O) groups is 4. The number of nitrogens with one attached hydrogen (secondary N) is 1. The number of hydrogen-bond donors (Lipinski definition) is 1. The molecule has 0 aliphatic carbocycles. The van der Waals surface area contributed by atoms with Crippen molar-refractivity contribution >= 4 is 29.4 Å². The molecule has 3 rings (SSSR count). The van der Waals surface area contributed by atoms with E-state index >= 15 is 0 Å². The van der Waals surface area contributed by atoms with Gasteiger partial charge in [0.2, 0.25) is 11.8 Å². The van der Waals surface area contributed by atoms with Crippen LogP contribution in [-0.2, 0) is 9.59 Å². The third-order valence-corrected chi connectivity index (χ3v) is 5.33. The van der Waals surface area contributed by atoms with E-state index in [1.54, 1.807) is 31.3 Å². The SMILES string of the molecule is CN1CC(=O)N(CCCC(=O)Nc2ccc(C(=O)N3CCCCCC3)cc2)C1=O. The largest absolute Gasteiger partial charge is 0.339 e. The first-order valence-electron chi connectivity index (χ1n) is 10.2. The lowest BCUT2D eigenvalue weighted by molar-refractivity contribution is -0.125. The molecule has 0 bridgehead atoms. The molecule has 0 unspecified atom stereocenters. The van der Waals surface area contributed by atoms with Crippen LogP contribution < -0.4 is 5.32 Å². The number of anilines is 1. The van der Waals surface area contributed by atoms with Gasteiger partial charge in [0.15, 0.2) is 0 Å². The third-order valence-electron chi connectivity index (χ3n) is 5.33. The molecule has 8 heteroatoms. The second-order valence-corrected chi connectivity index (χ2v) is 7.62. The first kappa shape index (κ1) is 20.8. The van der Waals surface area contributed by atoms with Crippen molar-refractivity contribution in [2.45, 2.75) is 38.5 Å². The predicted molar refractivity (Wildman–Crippen MR) is 108 cm³/mol. The highest BCUT2D eigenvalue weighted by molar-refractivity contribution is 6.02. The van der Waals surface area contributed by atoms with E-state index in [0.717, 1.165) is 25.9 Å². The maximum absolute atomic E-state index is 12.6. The maximum atomic E-state index is 12.6. The second-order valence-electron chi connectivity index (χ2n) is 7.62. The van der Waals surface area contributed by atoms with Gasteiger partial charge in [-0.2, -0.15) is 0 Å². The molecule has 2 saturated heterocycles. The Morgan fingerprint density at radius 3 is 2.24 bits per heavy atom. The lowest BCUT2D eigenvalue weighted by Crippen LogP contribution is -2.33. The summed E-state index contributed by atoms with van der Waals surface area (Å²) in [5, 5.41) is 2.79. The number of carbonyl (C=O) groups excluding carboxylic acids is 4. The average molecular weight is 400 g/mol. The molecule has 1 aromatic rings. The summed E-state index contributed by atoms with van der Waals surface area (Å²) < 4.78 is 0. The van der Waals surface area contributed by atoms with Gasteiger partial charge in [0, 0.05) is 44.4 Å². The number of imide groups is 1. The Morgan fingerprint density at radius 1 is 1.00 bits per heavy atom. The van der Waals surface area contributed by atoms with Crippen molar-refractivity contribution in [2.24, 2.45) is 0 Å². The van der Waals surface area contributed by atoms with E-state index in [9.17, 15) is 19.2 Å². The second kappa shape index (κ2) is 9.54. The van der Waals surface area contributed by atoms with Gasteiger partial charge < -0.3 is 15.1 Å². The first-order valence-corrected chi connectivity index (χ1v) is 10.2. The summed E-state index contributed by atoms with van der Waals surface area (Å²) in [6, 6.07) is 6.61. The van der Waals surface area contributed by atoms with Crippen molar-refractivity contribution in [2.75, 3.05) is 38.5 Å². The van der Waals surface area contributed by atoms with Crippen LogP contribution in [-0.4, -0.2) is 71.7 Å². The molecule has 0 saturated carbocycles. The molecule has 8 nitrogen and oxygen atoms in total. The Morgan fingerprint density at radius 2 is 1.66 bits per heavy atom. The Balaban J connectivity index is 1.45. The molecule has 2 aliphatic rings. The quantitative estimate of drug-likeness (QED) is 0.742. The monoisotopic (exact) mass is 400 g/mol. The van der Waals surface area contributed by atoms with Gasteiger partial charge in [-0.25, -0.2) is 4.79 Å². The van der Waals surface area contributed by atoms with Crippen LogP contribution in [0.5, 0.6) is 0 Å². The van der Waals surface area contributed by atoms with Gasteiger partial charge >= 0.3 is 6.03 Å². The summed E-state index contributed by atoms with van der Waals surface area (Å²) >= 11 is 0. The summed E-state index contributed by atoms with van der Waals surface area (Å²) in [5.74, 6) is -0.388. The summed E-state index contributed by atoms with van der Waals surface area (Å²) in [6.45, 7) is 1.93. The van der Waals surface area contributed by atoms with E-state index in [2.05, 4.69) is 5.32 Å². The Labute approximate surface area is 170 Å². The van der Waals surface area contributed by atoms with Gasteiger partial charge in [0.25, 0.3) is 5.91 Å². The van der Waals surface area contributed by atoms with Gasteiger partial charge in [-0.15, -0.1) is 0 Å². The van der Waals surface area contributed by atoms with E-state index < -0.39 is 0 Å². The highest BCUT2D eigenvalue weighted by Gasteiger charge is 2.32. The van der Waals surface area contributed by atoms with Gasteiger partial charge in [-0.1, -0.05) is 12.8 Å². The molecule has 1 aromatic carbocycles. The van der Waals surface area contributed by atoms with Crippen molar-refractivity contribution in [1.82, 2.24) is 14.7 Å². The van der Waals surface area contributed by atoms with Crippen molar-refractivity contribution in [3.63, 3.8) is 0 Å². The minimum Gasteiger partial charge on any atom is -0.339 e. The van der Waals surface area contributed by atoms with Crippen molar-refractivity contribution in [1.29, 1.82) is 0 Å². The third kappa shape index (κ3) is 5.34. The smallest absolute Gasteiger partial charge is 0.326 e. The summed E-state index contributed by atoms with van der Waals surface area (Å²) in [4.78, 5) is 52.7. The van der Waals surface area contributed by atoms with Crippen molar-refractivity contribution < 1.29 is 19.2 Å². The molecule has 0 aromatic heterocycles. The van der Waals surface area contributed by atoms with Crippen LogP contribution in [0, 0.1) is 0 Å². The maximum Gasteiger partial charge on any atom is 0.326 e. The number of hydrogen-bond acceptors (Lipinski definition) is 4. The number of benzene rings is 1. The van der Waals surface area contributed by atoms with Gasteiger partial charge in [0.05, 0.1) is 0 Å². The van der Waals surface area contributed by atoms with Crippen LogP contribution in [0.15, 0.2) is 24.3 Å². The highest BCUT2D eigenvalue weighted by atomic mass is 16.2. The number of amides is 5. The molecule has 0 spiro atoms. The molecule has 0 radical (unpaired) electrons. The summed E-state index contributed by atoms with van der Waals surface area (Å²) in [7, 11) is 1.58. The molecule has 156 valence electrons. The number of rotatable bonds is 6. The molecule has 2 fully saturated rings. The fraction of sp³-hybridized carbons (Fsp3) is 0.524. The van der Waals surface area contributed by atoms with E-state index in [-0.39, 0.29) is 43.3 Å². The number of urea groups is 1. The van der Waals surface area contributed by atoms with Crippen LogP contribution in [0.1, 0.15) is 48.9 Å². The number of likely N-dealkylation sites (tertiary alicyclic amines) is 1. The zero-order chi connectivity index (χ0) is 20.8. The standard InChI is InChI=1S/C21H28N4O4/c1-23-15-19(27)25(21(23)29)14-6-7-18(26)22-17-10-8-16(9-11-17)20(28)24-12-4-2-3-5-13-24/h8-11H,2-7,12-15H2,1H3,(H,22,26). The van der Waals surface area contributed by atoms with Crippen LogP contribution in [0.3, 0.4) is 0 Å². The molecule has 2 heterocycles. The molecular formula is C21H28N4O4. The van der Waals surface area contributed by atoms with Crippen molar-refractivity contribution in [3.05, 3.63) is 29.8 Å². The molecule has 0 atom stereocenters. The van der Waals surface area contributed by atoms with Gasteiger partial charge in [-0.05, 0) is 43.5 Å². The first-order chi connectivity index (χ1) is 14.0. The molecule has 5 amide bonds. The number of likely N-dealkylation sites (N-methyl/N-ethyl adjacent to an activating group) is 1. The summed E-state index contributed by atoms with van der Waals surface area (Å²) in [5.41, 5.74) is 1.25. The van der Waals surface area contributed by atoms with E-state index in [1.165, 1.54) is 22.6 Å². The highest BCUT2D eigenvalue weighted by Crippen LogP contribution is 2.16. The Bertz CT molecular complexity index is 769. The van der Waals surface area contributed by atoms with Gasteiger partial charge in [0.1, 0.15) is 6.54 Å². The zero-order valence-corrected chi connectivity index (χ0v) is 16.9. The molecule has 1 N–H and O–H groups in total. The lowest BCUT2D eigenvalue weighted by atomic mass is 10.1. The molecular weight excluding hydrogens is 372 g/mol. The van der Waals surface area contributed by atoms with E-state index in [1.807, 2.05) is 4.90 Å². The average Bonchev–Trinajstić information content (AvgIpc) is 2.90. The van der Waals surface area contributed by atoms with Crippen LogP contribution in [0.25, 0.3) is 0 Å². The molecule has 2 aliphatic heterocycles.